The fourth-order valence-electron chi connectivity index (χ4n) is 6.17. The van der Waals surface area contributed by atoms with Crippen molar-refractivity contribution in [3.63, 3.8) is 0 Å². The normalized spacial score (nSPS) is 25.0. The summed E-state index contributed by atoms with van der Waals surface area (Å²) < 4.78 is 29.1. The van der Waals surface area contributed by atoms with E-state index in [0.717, 1.165) is 36.7 Å². The quantitative estimate of drug-likeness (QED) is 0.609. The van der Waals surface area contributed by atoms with Crippen molar-refractivity contribution in [1.29, 1.82) is 0 Å². The Morgan fingerprint density at radius 3 is 2.65 bits per heavy atom. The number of nitrogens with zero attached hydrogens (tertiary/aromatic N) is 4. The Balaban J connectivity index is 1.42. The molecule has 2 saturated carbocycles. The molecular weight excluding hydrogens is 462 g/mol. The lowest BCUT2D eigenvalue weighted by Gasteiger charge is -2.45. The summed E-state index contributed by atoms with van der Waals surface area (Å²) in [4.78, 5) is 28.2. The second-order valence-corrected chi connectivity index (χ2v) is 10.4. The summed E-state index contributed by atoms with van der Waals surface area (Å²) in [5.41, 5.74) is -0.191. The van der Waals surface area contributed by atoms with Crippen LogP contribution < -0.4 is 5.43 Å². The predicted molar refractivity (Wildman–Crippen MR) is 121 cm³/mol. The SMILES string of the molecule is CCN1C(=O)c2c(O)c(=O)c(-c3nnc(Cc4ccc(F)cc4F)s3)cn2[C@H]2[C@@H]3CC[C@@H](C3)[C@H]21. The van der Waals surface area contributed by atoms with E-state index < -0.39 is 22.8 Å². The van der Waals surface area contributed by atoms with Gasteiger partial charge in [-0.2, -0.15) is 0 Å². The lowest BCUT2D eigenvalue weighted by Crippen LogP contribution is -2.53. The summed E-state index contributed by atoms with van der Waals surface area (Å²) in [5.74, 6) is -1.41. The minimum absolute atomic E-state index is 0.0114. The number of benzene rings is 1. The molecular formula is C24H22F2N4O3S. The molecule has 10 heteroatoms. The number of likely N-dealkylation sites (N-methyl/N-ethyl adjacent to an activating group) is 1. The van der Waals surface area contributed by atoms with E-state index in [-0.39, 0.29) is 46.2 Å². The van der Waals surface area contributed by atoms with Crippen LogP contribution in [-0.4, -0.2) is 43.3 Å². The third-order valence-electron chi connectivity index (χ3n) is 7.58. The highest BCUT2D eigenvalue weighted by Gasteiger charge is 2.55. The molecule has 0 saturated heterocycles. The predicted octanol–water partition coefficient (Wildman–Crippen LogP) is 3.76. The van der Waals surface area contributed by atoms with Gasteiger partial charge in [0.25, 0.3) is 5.91 Å². The van der Waals surface area contributed by atoms with Crippen LogP contribution in [0.2, 0.25) is 0 Å². The fraction of sp³-hybridized carbons (Fsp3) is 0.417. The maximum atomic E-state index is 14.1. The first-order chi connectivity index (χ1) is 16.4. The van der Waals surface area contributed by atoms with E-state index >= 15 is 0 Å². The molecule has 1 N–H and O–H groups in total. The van der Waals surface area contributed by atoms with Gasteiger partial charge in [0.1, 0.15) is 16.6 Å². The van der Waals surface area contributed by atoms with Crippen LogP contribution in [0.4, 0.5) is 8.78 Å². The Kier molecular flexibility index (Phi) is 4.84. The second kappa shape index (κ2) is 7.69. The van der Waals surface area contributed by atoms with Gasteiger partial charge < -0.3 is 14.6 Å². The van der Waals surface area contributed by atoms with Gasteiger partial charge in [-0.3, -0.25) is 9.59 Å². The molecule has 0 radical (unpaired) electrons. The van der Waals surface area contributed by atoms with E-state index in [9.17, 15) is 23.5 Å². The third kappa shape index (κ3) is 3.04. The number of fused-ring (bicyclic) bond motifs is 7. The van der Waals surface area contributed by atoms with Crippen molar-refractivity contribution in [1.82, 2.24) is 19.7 Å². The number of hydrogen-bond acceptors (Lipinski definition) is 6. The van der Waals surface area contributed by atoms with Gasteiger partial charge in [-0.25, -0.2) is 8.78 Å². The maximum Gasteiger partial charge on any atom is 0.274 e. The molecule has 4 atom stereocenters. The van der Waals surface area contributed by atoms with Gasteiger partial charge in [-0.1, -0.05) is 17.4 Å². The first-order valence-electron chi connectivity index (χ1n) is 11.4. The Morgan fingerprint density at radius 1 is 1.15 bits per heavy atom. The van der Waals surface area contributed by atoms with Crippen LogP contribution in [0.1, 0.15) is 53.3 Å². The van der Waals surface area contributed by atoms with Crippen molar-refractivity contribution in [2.24, 2.45) is 11.8 Å². The van der Waals surface area contributed by atoms with Crippen molar-refractivity contribution in [3.05, 3.63) is 62.5 Å². The summed E-state index contributed by atoms with van der Waals surface area (Å²) in [7, 11) is 0. The number of rotatable bonds is 4. The highest BCUT2D eigenvalue weighted by molar-refractivity contribution is 7.14. The number of carbonyl (C=O) groups is 1. The van der Waals surface area contributed by atoms with Crippen molar-refractivity contribution in [2.75, 3.05) is 6.54 Å². The molecule has 3 aromatic rings. The minimum Gasteiger partial charge on any atom is -0.503 e. The van der Waals surface area contributed by atoms with Gasteiger partial charge in [0.15, 0.2) is 16.5 Å². The van der Waals surface area contributed by atoms with Gasteiger partial charge >= 0.3 is 0 Å². The van der Waals surface area contributed by atoms with Crippen molar-refractivity contribution in [3.8, 4) is 16.3 Å². The molecule has 0 spiro atoms. The van der Waals surface area contributed by atoms with Crippen molar-refractivity contribution in [2.45, 2.75) is 44.7 Å². The van der Waals surface area contributed by atoms with Gasteiger partial charge in [-0.05, 0) is 49.7 Å². The van der Waals surface area contributed by atoms with E-state index in [0.29, 0.717) is 23.4 Å². The molecule has 2 fully saturated rings. The lowest BCUT2D eigenvalue weighted by atomic mass is 9.86. The Labute approximate surface area is 197 Å². The molecule has 7 nitrogen and oxygen atoms in total. The summed E-state index contributed by atoms with van der Waals surface area (Å²) in [6.07, 6.45) is 4.92. The zero-order valence-electron chi connectivity index (χ0n) is 18.4. The molecule has 1 amide bonds. The van der Waals surface area contributed by atoms with Crippen molar-refractivity contribution >= 4 is 17.2 Å². The summed E-state index contributed by atoms with van der Waals surface area (Å²) >= 11 is 1.11. The van der Waals surface area contributed by atoms with Gasteiger partial charge in [0.05, 0.1) is 17.6 Å². The molecule has 3 heterocycles. The van der Waals surface area contributed by atoms with Crippen LogP contribution in [0.3, 0.4) is 0 Å². The van der Waals surface area contributed by atoms with Crippen molar-refractivity contribution < 1.29 is 18.7 Å². The second-order valence-electron chi connectivity index (χ2n) is 9.30. The van der Waals surface area contributed by atoms with Crippen LogP contribution in [-0.2, 0) is 6.42 Å². The largest absolute Gasteiger partial charge is 0.503 e. The lowest BCUT2D eigenvalue weighted by molar-refractivity contribution is 0.0415. The Morgan fingerprint density at radius 2 is 1.91 bits per heavy atom. The van der Waals surface area contributed by atoms with E-state index in [2.05, 4.69) is 10.2 Å². The van der Waals surface area contributed by atoms with E-state index in [1.807, 2.05) is 11.8 Å². The molecule has 6 rings (SSSR count). The molecule has 2 aliphatic carbocycles. The Bertz CT molecular complexity index is 1390. The topological polar surface area (TPSA) is 88.3 Å². The summed E-state index contributed by atoms with van der Waals surface area (Å²) in [6.45, 7) is 2.45. The minimum atomic E-state index is -0.676. The smallest absolute Gasteiger partial charge is 0.274 e. The summed E-state index contributed by atoms with van der Waals surface area (Å²) in [6, 6.07) is 3.41. The Hall–Kier alpha value is -3.14. The standard InChI is InChI=1S/C24H22F2N4O3S/c1-2-29-18-12-3-4-13(7-12)19(18)30-10-15(21(31)22(32)20(30)24(29)33)23-28-27-17(34-23)8-11-5-6-14(25)9-16(11)26/h5-6,9-10,12-13,18-19,32H,2-4,7-8H2,1H3/t12-,13+,18+,19-/m0/s1. The molecule has 0 unspecified atom stereocenters. The highest BCUT2D eigenvalue weighted by Crippen LogP contribution is 2.55. The molecule has 1 aliphatic heterocycles. The zero-order valence-corrected chi connectivity index (χ0v) is 19.2. The first-order valence-corrected chi connectivity index (χ1v) is 12.2. The average Bonchev–Trinajstić information content (AvgIpc) is 3.55. The number of halogens is 2. The van der Waals surface area contributed by atoms with Crippen LogP contribution in [0.15, 0.2) is 29.2 Å². The van der Waals surface area contributed by atoms with Gasteiger partial charge in [0, 0.05) is 25.2 Å². The number of pyridine rings is 1. The van der Waals surface area contributed by atoms with E-state index in [4.69, 9.17) is 0 Å². The fourth-order valence-corrected chi connectivity index (χ4v) is 7.04. The molecule has 1 aromatic carbocycles. The third-order valence-corrected chi connectivity index (χ3v) is 8.54. The maximum absolute atomic E-state index is 14.1. The molecule has 3 aliphatic rings. The molecule has 2 aromatic heterocycles. The van der Waals surface area contributed by atoms with Crippen LogP contribution in [0, 0.1) is 23.5 Å². The number of amides is 1. The number of aromatic hydroxyl groups is 1. The number of aromatic nitrogens is 3. The van der Waals surface area contributed by atoms with E-state index in [1.54, 1.807) is 10.8 Å². The molecule has 2 bridgehead atoms. The zero-order chi connectivity index (χ0) is 23.7. The molecule has 176 valence electrons. The summed E-state index contributed by atoms with van der Waals surface area (Å²) in [5, 5.41) is 19.8. The highest BCUT2D eigenvalue weighted by atomic mass is 32.1. The molecule has 34 heavy (non-hydrogen) atoms. The first kappa shape index (κ1) is 21.4. The number of carbonyl (C=O) groups excluding carboxylic acids is 1. The van der Waals surface area contributed by atoms with Crippen LogP contribution in [0.25, 0.3) is 10.6 Å². The van der Waals surface area contributed by atoms with Crippen LogP contribution in [0.5, 0.6) is 5.75 Å². The van der Waals surface area contributed by atoms with E-state index in [1.165, 1.54) is 12.1 Å². The van der Waals surface area contributed by atoms with Gasteiger partial charge in [-0.15, -0.1) is 10.2 Å². The number of hydrogen-bond donors (Lipinski definition) is 1. The van der Waals surface area contributed by atoms with Gasteiger partial charge in [0.2, 0.25) is 5.43 Å². The van der Waals surface area contributed by atoms with Crippen LogP contribution >= 0.6 is 11.3 Å². The average molecular weight is 485 g/mol. The monoisotopic (exact) mass is 484 g/mol.